The predicted molar refractivity (Wildman–Crippen MR) is 138 cm³/mol. The van der Waals surface area contributed by atoms with Crippen molar-refractivity contribution in [1.82, 2.24) is 14.3 Å². The summed E-state index contributed by atoms with van der Waals surface area (Å²) >= 11 is 6.00. The molecule has 9 nitrogen and oxygen atoms in total. The van der Waals surface area contributed by atoms with E-state index >= 15 is 4.39 Å². The van der Waals surface area contributed by atoms with Crippen LogP contribution in [0, 0.1) is 18.6 Å². The summed E-state index contributed by atoms with van der Waals surface area (Å²) in [4.78, 5) is 30.3. The minimum atomic E-state index is -0.718. The second kappa shape index (κ2) is 10.7. The minimum Gasteiger partial charge on any atom is -0.453 e. The molecule has 1 atom stereocenters. The largest absolute Gasteiger partial charge is 0.453 e. The molecule has 4 rings (SSSR count). The maximum Gasteiger partial charge on any atom is 0.412 e. The van der Waals surface area contributed by atoms with E-state index in [-0.39, 0.29) is 41.5 Å². The highest BCUT2D eigenvalue weighted by molar-refractivity contribution is 6.31. The molecule has 0 spiro atoms. The van der Waals surface area contributed by atoms with E-state index in [1.54, 1.807) is 33.8 Å². The van der Waals surface area contributed by atoms with Crippen LogP contribution in [0.4, 0.5) is 24.1 Å². The molecule has 1 aliphatic heterocycles. The first kappa shape index (κ1) is 27.6. The Morgan fingerprint density at radius 1 is 1.24 bits per heavy atom. The number of rotatable bonds is 4. The Labute approximate surface area is 223 Å². The maximum atomic E-state index is 15.6. The molecule has 38 heavy (non-hydrogen) atoms. The van der Waals surface area contributed by atoms with Crippen molar-refractivity contribution in [3.63, 3.8) is 0 Å². The average molecular weight is 551 g/mol. The number of amides is 2. The first-order chi connectivity index (χ1) is 17.9. The number of aromatic nitrogens is 2. The molecule has 1 N–H and O–H groups in total. The highest BCUT2D eigenvalue weighted by atomic mass is 35.5. The number of nitrogens with one attached hydrogen (secondary N) is 1. The topological polar surface area (TPSA) is 94.4 Å². The number of pyridine rings is 1. The summed E-state index contributed by atoms with van der Waals surface area (Å²) in [5.41, 5.74) is 1.21. The van der Waals surface area contributed by atoms with Gasteiger partial charge in [-0.25, -0.2) is 23.4 Å². The number of fused-ring (bicyclic) bond motifs is 1. The monoisotopic (exact) mass is 550 g/mol. The van der Waals surface area contributed by atoms with Crippen LogP contribution in [0.25, 0.3) is 16.9 Å². The van der Waals surface area contributed by atoms with Gasteiger partial charge in [0.2, 0.25) is 0 Å². The van der Waals surface area contributed by atoms with E-state index in [1.807, 2.05) is 0 Å². The maximum absolute atomic E-state index is 15.6. The molecular formula is C26H29ClF2N4O5. The molecule has 1 saturated heterocycles. The summed E-state index contributed by atoms with van der Waals surface area (Å²) in [5, 5.41) is 2.41. The zero-order valence-corrected chi connectivity index (χ0v) is 22.5. The summed E-state index contributed by atoms with van der Waals surface area (Å²) in [7, 11) is 1.30. The van der Waals surface area contributed by atoms with Crippen molar-refractivity contribution < 1.29 is 32.6 Å². The van der Waals surface area contributed by atoms with Crippen molar-refractivity contribution >= 4 is 35.1 Å². The van der Waals surface area contributed by atoms with E-state index < -0.39 is 35.5 Å². The lowest BCUT2D eigenvalue weighted by Gasteiger charge is -2.32. The summed E-state index contributed by atoms with van der Waals surface area (Å²) in [6.07, 6.45) is -0.286. The number of carbonyl (C=O) groups excluding carboxylic acids is 2. The quantitative estimate of drug-likeness (QED) is 0.454. The van der Waals surface area contributed by atoms with Crippen LogP contribution in [0.2, 0.25) is 5.02 Å². The van der Waals surface area contributed by atoms with Crippen LogP contribution in [0.5, 0.6) is 0 Å². The van der Waals surface area contributed by atoms with Crippen LogP contribution >= 0.6 is 11.6 Å². The molecule has 3 heterocycles. The lowest BCUT2D eigenvalue weighted by atomic mass is 10.00. The standard InChI is InChI=1S/C26H29ClF2N4O5/c1-14-8-15(30-24(34)38-26(2,3)4)9-18(28)22(14)23-20(33-13-19(29)17(27)11-21(33)31-23)10-16-12-32(6-7-37-16)25(35)36-5/h8-9,11,13,16H,6-7,10,12H2,1-5H3,(H,30,34)/t16-/m0/s1. The Kier molecular flexibility index (Phi) is 7.80. The van der Waals surface area contributed by atoms with Gasteiger partial charge in [-0.05, 0) is 45.4 Å². The fourth-order valence-electron chi connectivity index (χ4n) is 4.37. The van der Waals surface area contributed by atoms with Gasteiger partial charge in [-0.3, -0.25) is 5.32 Å². The molecule has 2 amide bonds. The van der Waals surface area contributed by atoms with Gasteiger partial charge in [0.1, 0.15) is 17.1 Å². The van der Waals surface area contributed by atoms with Gasteiger partial charge in [-0.15, -0.1) is 0 Å². The Morgan fingerprint density at radius 2 is 1.97 bits per heavy atom. The molecule has 0 saturated carbocycles. The number of aryl methyl sites for hydroxylation is 1. The highest BCUT2D eigenvalue weighted by Gasteiger charge is 2.29. The second-order valence-electron chi connectivity index (χ2n) is 9.99. The van der Waals surface area contributed by atoms with E-state index in [0.717, 1.165) is 0 Å². The zero-order valence-electron chi connectivity index (χ0n) is 21.7. The number of hydrogen-bond donors (Lipinski definition) is 1. The van der Waals surface area contributed by atoms with Gasteiger partial charge in [-0.1, -0.05) is 11.6 Å². The van der Waals surface area contributed by atoms with E-state index in [0.29, 0.717) is 23.4 Å². The number of hydrogen-bond acceptors (Lipinski definition) is 6. The Balaban J connectivity index is 1.74. The predicted octanol–water partition coefficient (Wildman–Crippen LogP) is 5.60. The van der Waals surface area contributed by atoms with Crippen molar-refractivity contribution in [2.24, 2.45) is 0 Å². The summed E-state index contributed by atoms with van der Waals surface area (Å²) in [5.74, 6) is -1.31. The van der Waals surface area contributed by atoms with Gasteiger partial charge in [-0.2, -0.15) is 0 Å². The lowest BCUT2D eigenvalue weighted by molar-refractivity contribution is -0.0241. The Hall–Kier alpha value is -3.44. The molecule has 0 bridgehead atoms. The summed E-state index contributed by atoms with van der Waals surface area (Å²) in [6, 6.07) is 4.13. The van der Waals surface area contributed by atoms with Gasteiger partial charge in [0.05, 0.1) is 42.8 Å². The average Bonchev–Trinajstić information content (AvgIpc) is 3.13. The van der Waals surface area contributed by atoms with Crippen LogP contribution in [-0.4, -0.2) is 65.0 Å². The summed E-state index contributed by atoms with van der Waals surface area (Å²) in [6.45, 7) is 7.73. The first-order valence-electron chi connectivity index (χ1n) is 12.0. The Morgan fingerprint density at radius 3 is 2.63 bits per heavy atom. The number of nitrogens with zero attached hydrogens (tertiary/aromatic N) is 3. The molecule has 1 aromatic carbocycles. The van der Waals surface area contributed by atoms with Crippen LogP contribution in [0.1, 0.15) is 32.0 Å². The van der Waals surface area contributed by atoms with Crippen LogP contribution in [0.15, 0.2) is 24.4 Å². The Bertz CT molecular complexity index is 1370. The second-order valence-corrected chi connectivity index (χ2v) is 10.4. The van der Waals surface area contributed by atoms with Gasteiger partial charge in [0, 0.05) is 36.5 Å². The number of ether oxygens (including phenoxy) is 3. The number of benzene rings is 1. The number of carbonyl (C=O) groups is 2. The third-order valence-corrected chi connectivity index (χ3v) is 6.22. The first-order valence-corrected chi connectivity index (χ1v) is 12.3. The fourth-order valence-corrected chi connectivity index (χ4v) is 4.52. The van der Waals surface area contributed by atoms with Gasteiger partial charge < -0.3 is 23.5 Å². The van der Waals surface area contributed by atoms with Crippen molar-refractivity contribution in [2.75, 3.05) is 32.1 Å². The van der Waals surface area contributed by atoms with Gasteiger partial charge in [0.25, 0.3) is 0 Å². The van der Waals surface area contributed by atoms with Crippen LogP contribution in [-0.2, 0) is 20.6 Å². The highest BCUT2D eigenvalue weighted by Crippen LogP contribution is 2.34. The molecule has 1 aliphatic rings. The lowest BCUT2D eigenvalue weighted by Crippen LogP contribution is -2.46. The van der Waals surface area contributed by atoms with E-state index in [2.05, 4.69) is 10.3 Å². The molecule has 204 valence electrons. The molecule has 12 heteroatoms. The van der Waals surface area contributed by atoms with Crippen LogP contribution in [0.3, 0.4) is 0 Å². The molecule has 0 aliphatic carbocycles. The van der Waals surface area contributed by atoms with Crippen molar-refractivity contribution in [1.29, 1.82) is 0 Å². The van der Waals surface area contributed by atoms with E-state index in [4.69, 9.17) is 25.8 Å². The molecular weight excluding hydrogens is 522 g/mol. The van der Waals surface area contributed by atoms with E-state index in [1.165, 1.54) is 34.7 Å². The molecule has 0 unspecified atom stereocenters. The third kappa shape index (κ3) is 5.99. The van der Waals surface area contributed by atoms with Gasteiger partial charge in [0.15, 0.2) is 5.82 Å². The molecule has 1 fully saturated rings. The number of morpholine rings is 1. The van der Waals surface area contributed by atoms with Gasteiger partial charge >= 0.3 is 12.2 Å². The van der Waals surface area contributed by atoms with Crippen molar-refractivity contribution in [3.05, 3.63) is 52.3 Å². The minimum absolute atomic E-state index is 0.125. The number of anilines is 1. The SMILES string of the molecule is COC(=O)N1CCO[C@@H](Cc2c(-c3c(C)cc(NC(=O)OC(C)(C)C)cc3F)nc3cc(Cl)c(F)cn23)C1. The number of methoxy groups -OCH3 is 1. The fraction of sp³-hybridized carbons (Fsp3) is 0.423. The summed E-state index contributed by atoms with van der Waals surface area (Å²) < 4.78 is 47.5. The molecule has 0 radical (unpaired) electrons. The molecule has 3 aromatic rings. The van der Waals surface area contributed by atoms with Crippen molar-refractivity contribution in [2.45, 2.75) is 45.8 Å². The van der Waals surface area contributed by atoms with Crippen molar-refractivity contribution in [3.8, 4) is 11.3 Å². The number of halogens is 3. The third-order valence-electron chi connectivity index (χ3n) is 5.93. The zero-order chi connectivity index (χ0) is 27.8. The van der Waals surface area contributed by atoms with E-state index in [9.17, 15) is 14.0 Å². The van der Waals surface area contributed by atoms with Crippen LogP contribution < -0.4 is 5.32 Å². The molecule has 2 aromatic heterocycles. The smallest absolute Gasteiger partial charge is 0.412 e. The number of imidazole rings is 1. The normalized spacial score (nSPS) is 16.0.